The second-order valence-electron chi connectivity index (χ2n) is 5.35. The lowest BCUT2D eigenvalue weighted by molar-refractivity contribution is 0.394. The molecule has 0 amide bonds. The fraction of sp³-hybridized carbons (Fsp3) is 0.278. The maximum atomic E-state index is 7.35. The van der Waals surface area contributed by atoms with Gasteiger partial charge >= 0.3 is 0 Å². The normalized spacial score (nSPS) is 10.5. The van der Waals surface area contributed by atoms with Gasteiger partial charge < -0.3 is 14.8 Å². The molecule has 1 N–H and O–H groups in total. The summed E-state index contributed by atoms with van der Waals surface area (Å²) in [6.45, 7) is 12.0. The Kier molecular flexibility index (Phi) is 4.72. The van der Waals surface area contributed by atoms with Crippen LogP contribution >= 0.6 is 11.3 Å². The number of hydrogen-bond donors (Lipinski definition) is 1. The number of aryl methyl sites for hydroxylation is 1. The van der Waals surface area contributed by atoms with Crippen molar-refractivity contribution in [2.75, 3.05) is 26.1 Å². The zero-order valence-corrected chi connectivity index (χ0v) is 15.3. The monoisotopic (exact) mass is 354 g/mol. The summed E-state index contributed by atoms with van der Waals surface area (Å²) in [4.78, 5) is 13.8. The molecule has 3 rings (SSSR count). The van der Waals surface area contributed by atoms with Crippen molar-refractivity contribution in [1.82, 2.24) is 9.97 Å². The fourth-order valence-corrected chi connectivity index (χ4v) is 3.56. The second-order valence-corrected chi connectivity index (χ2v) is 6.33. The van der Waals surface area contributed by atoms with Gasteiger partial charge in [0.05, 0.1) is 20.8 Å². The van der Waals surface area contributed by atoms with Crippen LogP contribution in [0.15, 0.2) is 18.2 Å². The molecule has 0 fully saturated rings. The van der Waals surface area contributed by atoms with E-state index < -0.39 is 0 Å². The Hall–Kier alpha value is -2.85. The van der Waals surface area contributed by atoms with E-state index in [1.54, 1.807) is 20.3 Å². The number of rotatable bonds is 5. The van der Waals surface area contributed by atoms with Crippen molar-refractivity contribution in [1.29, 1.82) is 0 Å². The lowest BCUT2D eigenvalue weighted by Gasteiger charge is -2.10. The van der Waals surface area contributed by atoms with E-state index in [-0.39, 0.29) is 0 Å². The molecule has 0 aliphatic rings. The third kappa shape index (κ3) is 3.08. The van der Waals surface area contributed by atoms with Crippen LogP contribution in [-0.2, 0) is 0 Å². The van der Waals surface area contributed by atoms with Gasteiger partial charge in [0.25, 0.3) is 0 Å². The molecule has 2 aromatic heterocycles. The molecule has 6 nitrogen and oxygen atoms in total. The minimum absolute atomic E-state index is 0.568. The average molecular weight is 354 g/mol. The highest BCUT2D eigenvalue weighted by atomic mass is 32.1. The van der Waals surface area contributed by atoms with Crippen LogP contribution in [0.1, 0.15) is 12.5 Å². The van der Waals surface area contributed by atoms with Crippen molar-refractivity contribution in [2.24, 2.45) is 0 Å². The molecule has 0 radical (unpaired) electrons. The smallest absolute Gasteiger partial charge is 0.246 e. The van der Waals surface area contributed by atoms with Gasteiger partial charge in [0.15, 0.2) is 5.82 Å². The molecule has 3 aromatic rings. The Labute approximate surface area is 150 Å². The van der Waals surface area contributed by atoms with Gasteiger partial charge in [-0.3, -0.25) is 0 Å². The molecule has 0 unspecified atom stereocenters. The first kappa shape index (κ1) is 17.0. The summed E-state index contributed by atoms with van der Waals surface area (Å²) < 4.78 is 10.7. The van der Waals surface area contributed by atoms with E-state index in [0.717, 1.165) is 33.7 Å². The van der Waals surface area contributed by atoms with Gasteiger partial charge in [-0.05, 0) is 31.5 Å². The molecule has 0 aliphatic heterocycles. The Morgan fingerprint density at radius 3 is 2.40 bits per heavy atom. The molecule has 1 aromatic carbocycles. The second kappa shape index (κ2) is 6.95. The molecule has 0 atom stereocenters. The van der Waals surface area contributed by atoms with Crippen molar-refractivity contribution in [2.45, 2.75) is 13.8 Å². The van der Waals surface area contributed by atoms with E-state index in [1.165, 1.54) is 11.3 Å². The maximum Gasteiger partial charge on any atom is 0.246 e. The number of fused-ring (bicyclic) bond motifs is 1. The van der Waals surface area contributed by atoms with Crippen molar-refractivity contribution in [3.8, 4) is 22.9 Å². The van der Waals surface area contributed by atoms with Crippen LogP contribution < -0.4 is 14.8 Å². The summed E-state index contributed by atoms with van der Waals surface area (Å²) in [5.41, 5.74) is 1.72. The Morgan fingerprint density at radius 1 is 1.16 bits per heavy atom. The molecule has 7 heteroatoms. The summed E-state index contributed by atoms with van der Waals surface area (Å²) >= 11 is 1.38. The molecule has 0 spiro atoms. The predicted molar refractivity (Wildman–Crippen MR) is 101 cm³/mol. The van der Waals surface area contributed by atoms with E-state index >= 15 is 0 Å². The van der Waals surface area contributed by atoms with Crippen LogP contribution in [0.5, 0.6) is 11.5 Å². The average Bonchev–Trinajstić information content (AvgIpc) is 2.97. The SMILES string of the molecule is [C-]#[N+]c1sc2nc(-c3cc(OC)cc(OC)c3)nc(NCC)c2c1C. The topological polar surface area (TPSA) is 60.6 Å². The highest BCUT2D eigenvalue weighted by Gasteiger charge is 2.17. The standard InChI is InChI=1S/C18H18N4O2S/c1-6-20-16-14-10(2)17(19-3)25-18(14)22-15(21-16)11-7-12(23-4)9-13(8-11)24-5/h7-9H,6H2,1-2,4-5H3,(H,20,21,22). The quantitative estimate of drug-likeness (QED) is 0.675. The van der Waals surface area contributed by atoms with Gasteiger partial charge in [-0.2, -0.15) is 0 Å². The van der Waals surface area contributed by atoms with Crippen LogP contribution in [0.2, 0.25) is 0 Å². The molecule has 128 valence electrons. The zero-order chi connectivity index (χ0) is 18.0. The largest absolute Gasteiger partial charge is 0.497 e. The number of methoxy groups -OCH3 is 2. The summed E-state index contributed by atoms with van der Waals surface area (Å²) in [6.07, 6.45) is 0. The molecular weight excluding hydrogens is 336 g/mol. The van der Waals surface area contributed by atoms with Crippen LogP contribution in [-0.4, -0.2) is 30.7 Å². The third-order valence-electron chi connectivity index (χ3n) is 3.82. The summed E-state index contributed by atoms with van der Waals surface area (Å²) in [5.74, 6) is 2.66. The van der Waals surface area contributed by atoms with Gasteiger partial charge in [0.1, 0.15) is 22.1 Å². The number of hydrogen-bond acceptors (Lipinski definition) is 6. The van der Waals surface area contributed by atoms with Crippen molar-refractivity contribution in [3.63, 3.8) is 0 Å². The number of nitrogens with one attached hydrogen (secondary N) is 1. The molecule has 0 saturated heterocycles. The first-order valence-electron chi connectivity index (χ1n) is 7.77. The molecular formula is C18H18N4O2S. The maximum absolute atomic E-state index is 7.35. The Balaban J connectivity index is 2.25. The molecule has 0 aliphatic carbocycles. The number of anilines is 1. The summed E-state index contributed by atoms with van der Waals surface area (Å²) in [5, 5.41) is 4.84. The number of ether oxygens (including phenoxy) is 2. The lowest BCUT2D eigenvalue weighted by atomic mass is 10.1. The predicted octanol–water partition coefficient (Wildman–Crippen LogP) is 4.67. The van der Waals surface area contributed by atoms with Crippen LogP contribution in [0.25, 0.3) is 26.4 Å². The third-order valence-corrected chi connectivity index (χ3v) is 4.90. The fourth-order valence-electron chi connectivity index (χ4n) is 2.59. The van der Waals surface area contributed by atoms with Gasteiger partial charge in [-0.25, -0.2) is 14.8 Å². The number of thiophene rings is 1. The lowest BCUT2D eigenvalue weighted by Crippen LogP contribution is -2.02. The Bertz CT molecular complexity index is 953. The van der Waals surface area contributed by atoms with E-state index in [4.69, 9.17) is 21.0 Å². The van der Waals surface area contributed by atoms with Gasteiger partial charge in [-0.15, -0.1) is 11.3 Å². The van der Waals surface area contributed by atoms with Gasteiger partial charge in [-0.1, -0.05) is 0 Å². The van der Waals surface area contributed by atoms with E-state index in [9.17, 15) is 0 Å². The summed E-state index contributed by atoms with van der Waals surface area (Å²) in [6, 6.07) is 5.55. The van der Waals surface area contributed by atoms with Crippen molar-refractivity contribution < 1.29 is 9.47 Å². The van der Waals surface area contributed by atoms with E-state index in [2.05, 4.69) is 15.1 Å². The minimum Gasteiger partial charge on any atom is -0.497 e. The molecule has 0 bridgehead atoms. The molecule has 25 heavy (non-hydrogen) atoms. The number of benzene rings is 1. The molecule has 0 saturated carbocycles. The van der Waals surface area contributed by atoms with E-state index in [0.29, 0.717) is 22.3 Å². The van der Waals surface area contributed by atoms with Gasteiger partial charge in [0, 0.05) is 23.6 Å². The molecule has 2 heterocycles. The highest BCUT2D eigenvalue weighted by molar-refractivity contribution is 7.22. The van der Waals surface area contributed by atoms with Gasteiger partial charge in [0.2, 0.25) is 5.00 Å². The van der Waals surface area contributed by atoms with Crippen molar-refractivity contribution >= 4 is 32.4 Å². The first-order chi connectivity index (χ1) is 12.1. The Morgan fingerprint density at radius 2 is 1.84 bits per heavy atom. The first-order valence-corrected chi connectivity index (χ1v) is 8.58. The van der Waals surface area contributed by atoms with E-state index in [1.807, 2.05) is 26.0 Å². The van der Waals surface area contributed by atoms with Crippen LogP contribution in [0.3, 0.4) is 0 Å². The minimum atomic E-state index is 0.568. The number of aromatic nitrogens is 2. The summed E-state index contributed by atoms with van der Waals surface area (Å²) in [7, 11) is 3.22. The van der Waals surface area contributed by atoms with Crippen molar-refractivity contribution in [3.05, 3.63) is 35.2 Å². The zero-order valence-electron chi connectivity index (χ0n) is 14.5. The highest BCUT2D eigenvalue weighted by Crippen LogP contribution is 2.40. The number of nitrogens with zero attached hydrogens (tertiary/aromatic N) is 3. The van der Waals surface area contributed by atoms with Crippen LogP contribution in [0, 0.1) is 13.5 Å². The van der Waals surface area contributed by atoms with Crippen LogP contribution in [0.4, 0.5) is 10.8 Å².